The standard InChI is InChI=1S/C18H22BrN3O3/c1-4-21(22-8-7-14(10-20-22)18(23)24)11-15-9-16(19)5-6-17(15)25-12-13(2)3/h5-10,20H,2,4,11-12H2,1,3H3,(H,23,24). The molecule has 0 saturated carbocycles. The molecule has 0 amide bonds. The smallest absolute Gasteiger partial charge is 0.337 e. The largest absolute Gasteiger partial charge is 0.489 e. The van der Waals surface area contributed by atoms with E-state index in [1.807, 2.05) is 37.1 Å². The average Bonchev–Trinajstić information content (AvgIpc) is 2.58. The van der Waals surface area contributed by atoms with E-state index in [1.165, 1.54) is 6.20 Å². The molecule has 25 heavy (non-hydrogen) atoms. The molecule has 0 aliphatic carbocycles. The van der Waals surface area contributed by atoms with E-state index in [4.69, 9.17) is 9.84 Å². The number of hydrazine groups is 2. The van der Waals surface area contributed by atoms with Crippen molar-refractivity contribution >= 4 is 21.9 Å². The monoisotopic (exact) mass is 407 g/mol. The van der Waals surface area contributed by atoms with Gasteiger partial charge in [-0.1, -0.05) is 29.4 Å². The summed E-state index contributed by atoms with van der Waals surface area (Å²) in [7, 11) is 0. The zero-order valence-corrected chi connectivity index (χ0v) is 15.9. The zero-order chi connectivity index (χ0) is 18.4. The van der Waals surface area contributed by atoms with E-state index < -0.39 is 5.97 Å². The Balaban J connectivity index is 2.13. The zero-order valence-electron chi connectivity index (χ0n) is 14.3. The van der Waals surface area contributed by atoms with Gasteiger partial charge in [-0.05, 0) is 36.8 Å². The summed E-state index contributed by atoms with van der Waals surface area (Å²) in [5.41, 5.74) is 5.14. The van der Waals surface area contributed by atoms with Gasteiger partial charge in [0.2, 0.25) is 0 Å². The molecule has 1 aromatic carbocycles. The van der Waals surface area contributed by atoms with Crippen LogP contribution in [0.1, 0.15) is 19.4 Å². The third kappa shape index (κ3) is 5.37. The van der Waals surface area contributed by atoms with Crippen molar-refractivity contribution in [3.8, 4) is 5.75 Å². The molecule has 0 aromatic heterocycles. The van der Waals surface area contributed by atoms with Crippen molar-refractivity contribution in [1.29, 1.82) is 0 Å². The summed E-state index contributed by atoms with van der Waals surface area (Å²) in [5, 5.41) is 12.8. The van der Waals surface area contributed by atoms with Gasteiger partial charge in [-0.3, -0.25) is 5.43 Å². The lowest BCUT2D eigenvalue weighted by molar-refractivity contribution is -0.132. The molecular weight excluding hydrogens is 386 g/mol. The molecule has 0 bridgehead atoms. The number of rotatable bonds is 8. The second-order valence-electron chi connectivity index (χ2n) is 5.67. The predicted octanol–water partition coefficient (Wildman–Crippen LogP) is 3.44. The SMILES string of the molecule is C=C(C)COc1ccc(Br)cc1CN(CC)N1C=CC(C(=O)O)=CN1. The van der Waals surface area contributed by atoms with Crippen LogP contribution in [0.4, 0.5) is 0 Å². The van der Waals surface area contributed by atoms with E-state index in [2.05, 4.69) is 27.9 Å². The first-order chi connectivity index (χ1) is 11.9. The highest BCUT2D eigenvalue weighted by Gasteiger charge is 2.17. The summed E-state index contributed by atoms with van der Waals surface area (Å²) in [6.07, 6.45) is 4.71. The highest BCUT2D eigenvalue weighted by Crippen LogP contribution is 2.25. The number of nitrogens with zero attached hydrogens (tertiary/aromatic N) is 2. The van der Waals surface area contributed by atoms with Gasteiger partial charge in [-0.2, -0.15) is 5.01 Å². The number of nitrogens with one attached hydrogen (secondary N) is 1. The lowest BCUT2D eigenvalue weighted by atomic mass is 10.2. The Kier molecular flexibility index (Phi) is 6.66. The molecule has 1 aromatic rings. The van der Waals surface area contributed by atoms with E-state index in [1.54, 1.807) is 17.4 Å². The normalized spacial score (nSPS) is 13.4. The number of ether oxygens (including phenoxy) is 1. The summed E-state index contributed by atoms with van der Waals surface area (Å²) in [6, 6.07) is 5.88. The fourth-order valence-corrected chi connectivity index (χ4v) is 2.65. The van der Waals surface area contributed by atoms with Crippen LogP contribution in [-0.2, 0) is 11.3 Å². The number of carbonyl (C=O) groups is 1. The van der Waals surface area contributed by atoms with Gasteiger partial charge in [-0.15, -0.1) is 0 Å². The second kappa shape index (κ2) is 8.73. The molecule has 0 atom stereocenters. The van der Waals surface area contributed by atoms with Crippen LogP contribution in [-0.4, -0.2) is 34.4 Å². The van der Waals surface area contributed by atoms with E-state index in [0.29, 0.717) is 13.2 Å². The summed E-state index contributed by atoms with van der Waals surface area (Å²) < 4.78 is 6.81. The molecule has 2 rings (SSSR count). The van der Waals surface area contributed by atoms with Crippen molar-refractivity contribution < 1.29 is 14.6 Å². The van der Waals surface area contributed by atoms with Crippen molar-refractivity contribution in [1.82, 2.24) is 15.6 Å². The molecule has 1 aliphatic rings. The Labute approximate surface area is 156 Å². The van der Waals surface area contributed by atoms with Crippen molar-refractivity contribution in [2.24, 2.45) is 0 Å². The van der Waals surface area contributed by atoms with Crippen LogP contribution in [0.3, 0.4) is 0 Å². The minimum Gasteiger partial charge on any atom is -0.489 e. The van der Waals surface area contributed by atoms with E-state index in [9.17, 15) is 4.79 Å². The Bertz CT molecular complexity index is 716. The average molecular weight is 408 g/mol. The summed E-state index contributed by atoms with van der Waals surface area (Å²) >= 11 is 3.50. The summed E-state index contributed by atoms with van der Waals surface area (Å²) in [4.78, 5) is 11.0. The first-order valence-corrected chi connectivity index (χ1v) is 8.67. The quantitative estimate of drug-likeness (QED) is 0.643. The van der Waals surface area contributed by atoms with Crippen LogP contribution in [0.5, 0.6) is 5.75 Å². The lowest BCUT2D eigenvalue weighted by Gasteiger charge is -2.34. The van der Waals surface area contributed by atoms with Crippen molar-refractivity contribution in [2.75, 3.05) is 13.2 Å². The van der Waals surface area contributed by atoms with E-state index in [-0.39, 0.29) is 5.57 Å². The van der Waals surface area contributed by atoms with Crippen LogP contribution in [0.15, 0.2) is 58.9 Å². The summed E-state index contributed by atoms with van der Waals surface area (Å²) in [5.74, 6) is -0.165. The van der Waals surface area contributed by atoms with Gasteiger partial charge < -0.3 is 9.84 Å². The Morgan fingerprint density at radius 2 is 2.24 bits per heavy atom. The Hall–Kier alpha value is -2.25. The third-order valence-corrected chi connectivity index (χ3v) is 4.01. The van der Waals surface area contributed by atoms with Crippen LogP contribution >= 0.6 is 15.9 Å². The number of benzene rings is 1. The topological polar surface area (TPSA) is 65.0 Å². The van der Waals surface area contributed by atoms with Gasteiger partial charge in [-0.25, -0.2) is 9.91 Å². The maximum absolute atomic E-state index is 11.0. The highest BCUT2D eigenvalue weighted by molar-refractivity contribution is 9.10. The molecule has 0 saturated heterocycles. The van der Waals surface area contributed by atoms with Crippen LogP contribution in [0.25, 0.3) is 0 Å². The predicted molar refractivity (Wildman–Crippen MR) is 100 cm³/mol. The molecule has 1 heterocycles. The van der Waals surface area contributed by atoms with Gasteiger partial charge in [0.1, 0.15) is 12.4 Å². The fraction of sp³-hybridized carbons (Fsp3) is 0.278. The van der Waals surface area contributed by atoms with Crippen molar-refractivity contribution in [3.63, 3.8) is 0 Å². The maximum Gasteiger partial charge on any atom is 0.337 e. The number of aliphatic carboxylic acids is 1. The molecule has 1 aliphatic heterocycles. The van der Waals surface area contributed by atoms with Crippen molar-refractivity contribution in [2.45, 2.75) is 20.4 Å². The van der Waals surface area contributed by atoms with Gasteiger partial charge in [0.25, 0.3) is 0 Å². The van der Waals surface area contributed by atoms with Gasteiger partial charge in [0.15, 0.2) is 0 Å². The molecule has 2 N–H and O–H groups in total. The third-order valence-electron chi connectivity index (χ3n) is 3.51. The molecule has 0 spiro atoms. The van der Waals surface area contributed by atoms with E-state index in [0.717, 1.165) is 27.9 Å². The first-order valence-electron chi connectivity index (χ1n) is 7.88. The minimum atomic E-state index is -0.964. The Morgan fingerprint density at radius 3 is 2.80 bits per heavy atom. The molecule has 7 heteroatoms. The molecule has 0 fully saturated rings. The van der Waals surface area contributed by atoms with Crippen LogP contribution in [0.2, 0.25) is 0 Å². The molecule has 0 unspecified atom stereocenters. The number of carboxylic acid groups (broad SMARTS) is 1. The second-order valence-corrected chi connectivity index (χ2v) is 6.59. The van der Waals surface area contributed by atoms with Crippen molar-refractivity contribution in [3.05, 3.63) is 64.4 Å². The number of carboxylic acids is 1. The molecular formula is C18H22BrN3O3. The van der Waals surface area contributed by atoms with Crippen LogP contribution in [0, 0.1) is 0 Å². The van der Waals surface area contributed by atoms with Crippen LogP contribution < -0.4 is 10.2 Å². The van der Waals surface area contributed by atoms with E-state index >= 15 is 0 Å². The lowest BCUT2D eigenvalue weighted by Crippen LogP contribution is -2.46. The Morgan fingerprint density at radius 1 is 1.48 bits per heavy atom. The number of halogens is 1. The first kappa shape index (κ1) is 19.1. The highest BCUT2D eigenvalue weighted by atomic mass is 79.9. The molecule has 6 nitrogen and oxygen atoms in total. The molecule has 134 valence electrons. The molecule has 0 radical (unpaired) electrons. The van der Waals surface area contributed by atoms with Gasteiger partial charge in [0, 0.05) is 35.5 Å². The fourth-order valence-electron chi connectivity index (χ4n) is 2.24. The maximum atomic E-state index is 11.0. The number of hydrogen-bond donors (Lipinski definition) is 2. The minimum absolute atomic E-state index is 0.209. The van der Waals surface area contributed by atoms with Gasteiger partial charge in [0.05, 0.1) is 5.57 Å². The number of hydrogen-bond acceptors (Lipinski definition) is 5. The summed E-state index contributed by atoms with van der Waals surface area (Å²) in [6.45, 7) is 9.59. The van der Waals surface area contributed by atoms with Gasteiger partial charge >= 0.3 is 5.97 Å².